The standard InChI is InChI=1S/C11H13FN6O/c1-2-13-6-11(19)15-10-5-8(3-4-9(10)12)18-7-14-16-17-18/h3-5,7,13H,2,6H2,1H3,(H,15,19). The summed E-state index contributed by atoms with van der Waals surface area (Å²) in [7, 11) is 0. The summed E-state index contributed by atoms with van der Waals surface area (Å²) >= 11 is 0. The molecule has 2 aromatic rings. The predicted octanol–water partition coefficient (Wildman–Crippen LogP) is 0.349. The normalized spacial score (nSPS) is 10.4. The molecule has 2 rings (SSSR count). The van der Waals surface area contributed by atoms with Crippen molar-refractivity contribution in [2.24, 2.45) is 0 Å². The molecule has 0 aliphatic carbocycles. The van der Waals surface area contributed by atoms with Gasteiger partial charge in [-0.2, -0.15) is 0 Å². The molecule has 8 heteroatoms. The van der Waals surface area contributed by atoms with E-state index in [1.807, 2.05) is 6.92 Å². The van der Waals surface area contributed by atoms with Crippen molar-refractivity contribution >= 4 is 11.6 Å². The maximum absolute atomic E-state index is 13.6. The maximum atomic E-state index is 13.6. The average molecular weight is 264 g/mol. The van der Waals surface area contributed by atoms with Crippen molar-refractivity contribution in [2.45, 2.75) is 6.92 Å². The molecule has 0 saturated heterocycles. The number of carbonyl (C=O) groups is 1. The summed E-state index contributed by atoms with van der Waals surface area (Å²) in [6.07, 6.45) is 1.39. The minimum Gasteiger partial charge on any atom is -0.322 e. The highest BCUT2D eigenvalue weighted by Crippen LogP contribution is 2.17. The number of benzene rings is 1. The number of nitrogens with zero attached hydrogens (tertiary/aromatic N) is 4. The molecule has 1 aromatic heterocycles. The Morgan fingerprint density at radius 2 is 2.32 bits per heavy atom. The molecule has 2 N–H and O–H groups in total. The molecule has 0 atom stereocenters. The molecule has 0 spiro atoms. The van der Waals surface area contributed by atoms with Crippen LogP contribution in [0, 0.1) is 5.82 Å². The smallest absolute Gasteiger partial charge is 0.238 e. The van der Waals surface area contributed by atoms with Gasteiger partial charge in [-0.05, 0) is 35.2 Å². The van der Waals surface area contributed by atoms with Crippen LogP contribution in [0.15, 0.2) is 24.5 Å². The summed E-state index contributed by atoms with van der Waals surface area (Å²) in [5.41, 5.74) is 0.654. The number of nitrogens with one attached hydrogen (secondary N) is 2. The summed E-state index contributed by atoms with van der Waals surface area (Å²) < 4.78 is 15.0. The van der Waals surface area contributed by atoms with Crippen LogP contribution in [-0.2, 0) is 4.79 Å². The van der Waals surface area contributed by atoms with Gasteiger partial charge in [0.15, 0.2) is 0 Å². The monoisotopic (exact) mass is 264 g/mol. The van der Waals surface area contributed by atoms with Crippen LogP contribution in [0.2, 0.25) is 0 Å². The molecule has 0 radical (unpaired) electrons. The van der Waals surface area contributed by atoms with E-state index >= 15 is 0 Å². The van der Waals surface area contributed by atoms with E-state index in [0.29, 0.717) is 12.2 Å². The Morgan fingerprint density at radius 1 is 1.47 bits per heavy atom. The van der Waals surface area contributed by atoms with Crippen molar-refractivity contribution < 1.29 is 9.18 Å². The number of anilines is 1. The lowest BCUT2D eigenvalue weighted by atomic mass is 10.2. The average Bonchev–Trinajstić information content (AvgIpc) is 2.93. The first kappa shape index (κ1) is 13.1. The van der Waals surface area contributed by atoms with E-state index < -0.39 is 5.82 Å². The number of tetrazole rings is 1. The summed E-state index contributed by atoms with van der Waals surface area (Å²) in [6.45, 7) is 2.68. The third-order valence-electron chi connectivity index (χ3n) is 2.37. The second-order valence-electron chi connectivity index (χ2n) is 3.75. The topological polar surface area (TPSA) is 84.7 Å². The zero-order valence-electron chi connectivity index (χ0n) is 10.3. The van der Waals surface area contributed by atoms with Gasteiger partial charge in [0.05, 0.1) is 17.9 Å². The number of aromatic nitrogens is 4. The van der Waals surface area contributed by atoms with E-state index in [1.54, 1.807) is 0 Å². The molecular formula is C11H13FN6O. The lowest BCUT2D eigenvalue weighted by molar-refractivity contribution is -0.115. The van der Waals surface area contributed by atoms with Gasteiger partial charge in [-0.25, -0.2) is 9.07 Å². The molecule has 1 heterocycles. The number of hydrogen-bond donors (Lipinski definition) is 2. The van der Waals surface area contributed by atoms with Crippen LogP contribution in [0.4, 0.5) is 10.1 Å². The quantitative estimate of drug-likeness (QED) is 0.814. The van der Waals surface area contributed by atoms with Crippen molar-refractivity contribution in [2.75, 3.05) is 18.4 Å². The van der Waals surface area contributed by atoms with Crippen molar-refractivity contribution in [3.8, 4) is 5.69 Å². The number of likely N-dealkylation sites (N-methyl/N-ethyl adjacent to an activating group) is 1. The van der Waals surface area contributed by atoms with Crippen molar-refractivity contribution in [1.82, 2.24) is 25.5 Å². The van der Waals surface area contributed by atoms with Crippen LogP contribution < -0.4 is 10.6 Å². The molecular weight excluding hydrogens is 251 g/mol. The van der Waals surface area contributed by atoms with Crippen LogP contribution in [0.3, 0.4) is 0 Å². The Bertz CT molecular complexity index is 556. The first-order chi connectivity index (χ1) is 9.20. The van der Waals surface area contributed by atoms with Crippen LogP contribution in [0.5, 0.6) is 0 Å². The lowest BCUT2D eigenvalue weighted by Crippen LogP contribution is -2.28. The molecule has 19 heavy (non-hydrogen) atoms. The highest BCUT2D eigenvalue weighted by Gasteiger charge is 2.09. The molecule has 0 fully saturated rings. The van der Waals surface area contributed by atoms with E-state index in [0.717, 1.165) is 0 Å². The van der Waals surface area contributed by atoms with Crippen LogP contribution in [-0.4, -0.2) is 39.2 Å². The molecule has 1 aromatic carbocycles. The van der Waals surface area contributed by atoms with Crippen molar-refractivity contribution in [3.63, 3.8) is 0 Å². The third kappa shape index (κ3) is 3.32. The molecule has 0 bridgehead atoms. The number of rotatable bonds is 5. The fourth-order valence-electron chi connectivity index (χ4n) is 1.46. The Hall–Kier alpha value is -2.35. The molecule has 100 valence electrons. The van der Waals surface area contributed by atoms with E-state index in [-0.39, 0.29) is 18.1 Å². The summed E-state index contributed by atoms with van der Waals surface area (Å²) in [6, 6.07) is 4.24. The minimum absolute atomic E-state index is 0.0934. The molecule has 0 aliphatic heterocycles. The van der Waals surface area contributed by atoms with Gasteiger partial charge in [0, 0.05) is 0 Å². The van der Waals surface area contributed by atoms with Gasteiger partial charge in [0.2, 0.25) is 5.91 Å². The maximum Gasteiger partial charge on any atom is 0.238 e. The molecule has 0 aliphatic rings. The predicted molar refractivity (Wildman–Crippen MR) is 66.3 cm³/mol. The highest BCUT2D eigenvalue weighted by molar-refractivity contribution is 5.92. The first-order valence-corrected chi connectivity index (χ1v) is 5.74. The van der Waals surface area contributed by atoms with E-state index in [1.165, 1.54) is 29.2 Å². The Labute approximate surface area is 108 Å². The van der Waals surface area contributed by atoms with E-state index in [9.17, 15) is 9.18 Å². The van der Waals surface area contributed by atoms with Gasteiger partial charge in [0.25, 0.3) is 0 Å². The molecule has 7 nitrogen and oxygen atoms in total. The van der Waals surface area contributed by atoms with Gasteiger partial charge in [-0.15, -0.1) is 5.10 Å². The minimum atomic E-state index is -0.512. The van der Waals surface area contributed by atoms with Crippen molar-refractivity contribution in [1.29, 1.82) is 0 Å². The number of halogens is 1. The van der Waals surface area contributed by atoms with Gasteiger partial charge in [-0.3, -0.25) is 4.79 Å². The SMILES string of the molecule is CCNCC(=O)Nc1cc(-n2cnnn2)ccc1F. The third-order valence-corrected chi connectivity index (χ3v) is 2.37. The zero-order chi connectivity index (χ0) is 13.7. The van der Waals surface area contributed by atoms with Crippen LogP contribution in [0.1, 0.15) is 6.92 Å². The highest BCUT2D eigenvalue weighted by atomic mass is 19.1. The van der Waals surface area contributed by atoms with Gasteiger partial charge in [0.1, 0.15) is 12.1 Å². The summed E-state index contributed by atoms with van der Waals surface area (Å²) in [5.74, 6) is -0.823. The Balaban J connectivity index is 2.16. The number of carbonyl (C=O) groups excluding carboxylic acids is 1. The Kier molecular flexibility index (Phi) is 4.14. The van der Waals surface area contributed by atoms with Gasteiger partial charge >= 0.3 is 0 Å². The van der Waals surface area contributed by atoms with Gasteiger partial charge < -0.3 is 10.6 Å². The Morgan fingerprint density at radius 3 is 3.00 bits per heavy atom. The molecule has 1 amide bonds. The van der Waals surface area contributed by atoms with E-state index in [4.69, 9.17) is 0 Å². The summed E-state index contributed by atoms with van der Waals surface area (Å²) in [4.78, 5) is 11.5. The fraction of sp³-hybridized carbons (Fsp3) is 0.273. The second-order valence-corrected chi connectivity index (χ2v) is 3.75. The van der Waals surface area contributed by atoms with E-state index in [2.05, 4.69) is 26.2 Å². The largest absolute Gasteiger partial charge is 0.322 e. The molecule has 0 unspecified atom stereocenters. The lowest BCUT2D eigenvalue weighted by Gasteiger charge is -2.08. The van der Waals surface area contributed by atoms with Crippen molar-refractivity contribution in [3.05, 3.63) is 30.3 Å². The number of amides is 1. The van der Waals surface area contributed by atoms with Crippen LogP contribution in [0.25, 0.3) is 5.69 Å². The number of hydrogen-bond acceptors (Lipinski definition) is 5. The first-order valence-electron chi connectivity index (χ1n) is 5.74. The fourth-order valence-corrected chi connectivity index (χ4v) is 1.46. The zero-order valence-corrected chi connectivity index (χ0v) is 10.3. The molecule has 0 saturated carbocycles. The second kappa shape index (κ2) is 6.01. The van der Waals surface area contributed by atoms with Gasteiger partial charge in [-0.1, -0.05) is 6.92 Å². The van der Waals surface area contributed by atoms with Crippen LogP contribution >= 0.6 is 0 Å². The summed E-state index contributed by atoms with van der Waals surface area (Å²) in [5, 5.41) is 16.0.